The first-order valence-electron chi connectivity index (χ1n) is 14.5. The van der Waals surface area contributed by atoms with Gasteiger partial charge in [-0.15, -0.1) is 0 Å². The highest BCUT2D eigenvalue weighted by Crippen LogP contribution is 2.58. The molecule has 2 nitrogen and oxygen atoms in total. The molecule has 200 valence electrons. The number of hydrogen-bond donors (Lipinski definition) is 0. The Kier molecular flexibility index (Phi) is 5.77. The number of rotatable bonds is 4. The van der Waals surface area contributed by atoms with Crippen molar-refractivity contribution in [3.8, 4) is 39.4 Å². The second kappa shape index (κ2) is 9.94. The average molecular weight is 547 g/mol. The second-order valence-electron chi connectivity index (χ2n) is 11.1. The summed E-state index contributed by atoms with van der Waals surface area (Å²) in [5.74, 6) is 0. The molecule has 0 saturated heterocycles. The molecule has 0 bridgehead atoms. The summed E-state index contributed by atoms with van der Waals surface area (Å²) in [4.78, 5) is 4.29. The summed E-state index contributed by atoms with van der Waals surface area (Å²) in [5, 5.41) is 11.9. The van der Waals surface area contributed by atoms with Crippen LogP contribution in [0.25, 0.3) is 44.2 Å². The zero-order valence-electron chi connectivity index (χ0n) is 23.4. The van der Waals surface area contributed by atoms with E-state index in [1.54, 1.807) is 6.20 Å². The van der Waals surface area contributed by atoms with Gasteiger partial charge in [0.2, 0.25) is 0 Å². The molecular weight excluding hydrogens is 520 g/mol. The Balaban J connectivity index is 1.41. The number of aromatic nitrogens is 1. The number of fused-ring (bicyclic) bond motifs is 5. The standard InChI is InChI=1S/C41H26N2/c42-25-28-22-33(27-43-26-28)31-12-9-11-30(23-31)32-19-20-38-37(24-32)40-36-17-8-7-10-29(36)18-21-39(40)41(38,34-13-3-1-4-14-34)35-15-5-2-6-16-35/h1-24,26-27H. The van der Waals surface area contributed by atoms with E-state index in [-0.39, 0.29) is 0 Å². The van der Waals surface area contributed by atoms with E-state index >= 15 is 0 Å². The summed E-state index contributed by atoms with van der Waals surface area (Å²) in [6.07, 6.45) is 3.42. The lowest BCUT2D eigenvalue weighted by atomic mass is 9.67. The highest BCUT2D eigenvalue weighted by molar-refractivity contribution is 6.04. The number of hydrogen-bond acceptors (Lipinski definition) is 2. The van der Waals surface area contributed by atoms with Crippen molar-refractivity contribution in [2.45, 2.75) is 5.41 Å². The largest absolute Gasteiger partial charge is 0.263 e. The third-order valence-corrected chi connectivity index (χ3v) is 8.84. The predicted molar refractivity (Wildman–Crippen MR) is 175 cm³/mol. The molecular formula is C41H26N2. The van der Waals surface area contributed by atoms with Crippen molar-refractivity contribution in [1.82, 2.24) is 4.98 Å². The fourth-order valence-corrected chi connectivity index (χ4v) is 6.98. The molecule has 43 heavy (non-hydrogen) atoms. The van der Waals surface area contributed by atoms with E-state index in [2.05, 4.69) is 151 Å². The molecule has 0 amide bonds. The molecule has 6 aromatic carbocycles. The number of nitriles is 1. The van der Waals surface area contributed by atoms with Crippen molar-refractivity contribution >= 4 is 10.8 Å². The predicted octanol–water partition coefficient (Wildman–Crippen LogP) is 9.80. The minimum absolute atomic E-state index is 0.443. The zero-order valence-corrected chi connectivity index (χ0v) is 23.4. The zero-order chi connectivity index (χ0) is 28.8. The topological polar surface area (TPSA) is 36.7 Å². The van der Waals surface area contributed by atoms with E-state index in [1.165, 1.54) is 44.2 Å². The lowest BCUT2D eigenvalue weighted by Crippen LogP contribution is -2.28. The molecule has 1 heterocycles. The Morgan fingerprint density at radius 3 is 1.91 bits per heavy atom. The minimum Gasteiger partial charge on any atom is -0.263 e. The first-order valence-corrected chi connectivity index (χ1v) is 14.5. The maximum absolute atomic E-state index is 9.40. The summed E-state index contributed by atoms with van der Waals surface area (Å²) in [6, 6.07) is 54.8. The van der Waals surface area contributed by atoms with Crippen LogP contribution in [-0.2, 0) is 5.41 Å². The van der Waals surface area contributed by atoms with E-state index in [1.807, 2.05) is 12.3 Å². The van der Waals surface area contributed by atoms with Crippen molar-refractivity contribution in [2.75, 3.05) is 0 Å². The molecule has 0 saturated carbocycles. The summed E-state index contributed by atoms with van der Waals surface area (Å²) in [6.45, 7) is 0. The van der Waals surface area contributed by atoms with Crippen LogP contribution in [-0.4, -0.2) is 4.98 Å². The van der Waals surface area contributed by atoms with Gasteiger partial charge in [-0.2, -0.15) is 5.26 Å². The van der Waals surface area contributed by atoms with Crippen LogP contribution >= 0.6 is 0 Å². The maximum Gasteiger partial charge on any atom is 0.101 e. The van der Waals surface area contributed by atoms with Gasteiger partial charge in [0.15, 0.2) is 0 Å². The Morgan fingerprint density at radius 2 is 1.16 bits per heavy atom. The van der Waals surface area contributed by atoms with Gasteiger partial charge in [-0.05, 0) is 79.0 Å². The fraction of sp³-hybridized carbons (Fsp3) is 0.0244. The second-order valence-corrected chi connectivity index (χ2v) is 11.1. The van der Waals surface area contributed by atoms with Gasteiger partial charge in [0.25, 0.3) is 0 Å². The van der Waals surface area contributed by atoms with Crippen molar-refractivity contribution in [3.63, 3.8) is 0 Å². The first-order chi connectivity index (χ1) is 21.3. The van der Waals surface area contributed by atoms with E-state index in [0.717, 1.165) is 22.3 Å². The molecule has 0 fully saturated rings. The van der Waals surface area contributed by atoms with Gasteiger partial charge in [0, 0.05) is 18.0 Å². The molecule has 0 aliphatic heterocycles. The monoisotopic (exact) mass is 546 g/mol. The third-order valence-electron chi connectivity index (χ3n) is 8.84. The number of nitrogens with zero attached hydrogens (tertiary/aromatic N) is 2. The molecule has 0 atom stereocenters. The Bertz CT molecular complexity index is 2150. The normalized spacial score (nSPS) is 12.8. The molecule has 1 aliphatic carbocycles. The Morgan fingerprint density at radius 1 is 0.512 bits per heavy atom. The fourth-order valence-electron chi connectivity index (χ4n) is 6.98. The molecule has 1 aromatic heterocycles. The third kappa shape index (κ3) is 3.83. The van der Waals surface area contributed by atoms with Gasteiger partial charge in [0.1, 0.15) is 6.07 Å². The van der Waals surface area contributed by atoms with Crippen LogP contribution < -0.4 is 0 Å². The highest BCUT2D eigenvalue weighted by atomic mass is 14.6. The Hall–Kier alpha value is -5.78. The summed E-state index contributed by atoms with van der Waals surface area (Å²) >= 11 is 0. The Labute approximate surface area is 251 Å². The van der Waals surface area contributed by atoms with Gasteiger partial charge < -0.3 is 0 Å². The SMILES string of the molecule is N#Cc1cncc(-c2cccc(-c3ccc4c(c3)-c3c(ccc5ccccc35)C4(c3ccccc3)c3ccccc3)c2)c1. The highest BCUT2D eigenvalue weighted by Gasteiger charge is 2.46. The first kappa shape index (κ1) is 25.0. The van der Waals surface area contributed by atoms with E-state index in [0.29, 0.717) is 5.56 Å². The van der Waals surface area contributed by atoms with E-state index in [4.69, 9.17) is 0 Å². The average Bonchev–Trinajstić information content (AvgIpc) is 3.40. The molecule has 0 N–H and O–H groups in total. The quantitative estimate of drug-likeness (QED) is 0.220. The number of pyridine rings is 1. The van der Waals surface area contributed by atoms with Crippen LogP contribution in [0.3, 0.4) is 0 Å². The van der Waals surface area contributed by atoms with Crippen molar-refractivity contribution in [3.05, 3.63) is 186 Å². The lowest BCUT2D eigenvalue weighted by Gasteiger charge is -2.34. The van der Waals surface area contributed by atoms with Crippen LogP contribution in [0.15, 0.2) is 158 Å². The molecule has 0 unspecified atom stereocenters. The van der Waals surface area contributed by atoms with Crippen molar-refractivity contribution < 1.29 is 0 Å². The van der Waals surface area contributed by atoms with Gasteiger partial charge in [-0.25, -0.2) is 0 Å². The summed E-state index contributed by atoms with van der Waals surface area (Å²) < 4.78 is 0. The van der Waals surface area contributed by atoms with Crippen LogP contribution in [0.1, 0.15) is 27.8 Å². The maximum atomic E-state index is 9.40. The van der Waals surface area contributed by atoms with Gasteiger partial charge in [0.05, 0.1) is 11.0 Å². The van der Waals surface area contributed by atoms with Gasteiger partial charge >= 0.3 is 0 Å². The molecule has 8 rings (SSSR count). The van der Waals surface area contributed by atoms with Crippen molar-refractivity contribution in [2.24, 2.45) is 0 Å². The van der Waals surface area contributed by atoms with Gasteiger partial charge in [-0.3, -0.25) is 4.98 Å². The van der Waals surface area contributed by atoms with Crippen LogP contribution in [0, 0.1) is 11.3 Å². The molecule has 0 radical (unpaired) electrons. The van der Waals surface area contributed by atoms with Crippen LogP contribution in [0.2, 0.25) is 0 Å². The van der Waals surface area contributed by atoms with Crippen LogP contribution in [0.5, 0.6) is 0 Å². The smallest absolute Gasteiger partial charge is 0.101 e. The molecule has 1 aliphatic rings. The summed E-state index contributed by atoms with van der Waals surface area (Å²) in [5.41, 5.74) is 12.0. The number of benzene rings is 6. The molecule has 7 aromatic rings. The van der Waals surface area contributed by atoms with E-state index in [9.17, 15) is 5.26 Å². The minimum atomic E-state index is -0.443. The molecule has 2 heteroatoms. The van der Waals surface area contributed by atoms with Crippen LogP contribution in [0.4, 0.5) is 0 Å². The van der Waals surface area contributed by atoms with E-state index < -0.39 is 5.41 Å². The van der Waals surface area contributed by atoms with Crippen molar-refractivity contribution in [1.29, 1.82) is 5.26 Å². The summed E-state index contributed by atoms with van der Waals surface area (Å²) in [7, 11) is 0. The van der Waals surface area contributed by atoms with Gasteiger partial charge in [-0.1, -0.05) is 127 Å². The molecule has 0 spiro atoms. The lowest BCUT2D eigenvalue weighted by molar-refractivity contribution is 0.769.